The number of hydrogen-bond donors (Lipinski definition) is 2. The molecule has 0 radical (unpaired) electrons. The molecule has 3 aromatic rings. The standard InChI is InChI=1S/C18H25N7O3S/c1-4-28-16-14(13-9-19-20-10-13)5-8-25-17(16)22-18(23-25)21-15-6-7-24(11-12(15)2)29(3,26)27/h5,8-10,12,15H,4,6-7,11H2,1-3H3,(H,19,20)(H,21,23)/t12-,15+/m1/s1/i1D3,4D2. The van der Waals surface area contributed by atoms with Crippen molar-refractivity contribution in [1.29, 1.82) is 0 Å². The van der Waals surface area contributed by atoms with E-state index >= 15 is 0 Å². The van der Waals surface area contributed by atoms with Gasteiger partial charge in [-0.05, 0) is 25.3 Å². The molecule has 1 aliphatic heterocycles. The average Bonchev–Trinajstić information content (AvgIpc) is 3.37. The number of rotatable bonds is 6. The summed E-state index contributed by atoms with van der Waals surface area (Å²) in [5.74, 6) is 0.121. The van der Waals surface area contributed by atoms with Gasteiger partial charge in [0, 0.05) is 46.8 Å². The summed E-state index contributed by atoms with van der Waals surface area (Å²) in [5.41, 5.74) is 1.07. The van der Waals surface area contributed by atoms with Gasteiger partial charge in [-0.15, -0.1) is 5.10 Å². The highest BCUT2D eigenvalue weighted by Crippen LogP contribution is 2.33. The van der Waals surface area contributed by atoms with Crippen LogP contribution < -0.4 is 10.1 Å². The predicted octanol–water partition coefficient (Wildman–Crippen LogP) is 1.60. The van der Waals surface area contributed by atoms with Crippen molar-refractivity contribution in [2.24, 2.45) is 5.92 Å². The van der Waals surface area contributed by atoms with Crippen LogP contribution in [0.3, 0.4) is 0 Å². The van der Waals surface area contributed by atoms with Gasteiger partial charge in [-0.25, -0.2) is 17.2 Å². The first-order valence-corrected chi connectivity index (χ1v) is 10.9. The second kappa shape index (κ2) is 7.64. The quantitative estimate of drug-likeness (QED) is 0.617. The zero-order chi connectivity index (χ0) is 24.9. The van der Waals surface area contributed by atoms with Gasteiger partial charge in [-0.2, -0.15) is 10.1 Å². The second-order valence-electron chi connectivity index (χ2n) is 7.09. The van der Waals surface area contributed by atoms with Gasteiger partial charge in [-0.1, -0.05) is 6.92 Å². The first-order valence-electron chi connectivity index (χ1n) is 11.6. The van der Waals surface area contributed by atoms with E-state index in [1.54, 1.807) is 18.5 Å². The molecule has 4 heterocycles. The molecule has 0 aromatic carbocycles. The van der Waals surface area contributed by atoms with Crippen LogP contribution in [0.1, 0.15) is 27.1 Å². The number of hydrogen-bond acceptors (Lipinski definition) is 7. The summed E-state index contributed by atoms with van der Waals surface area (Å²) in [4.78, 5) is 4.45. The lowest BCUT2D eigenvalue weighted by atomic mass is 9.95. The van der Waals surface area contributed by atoms with Crippen LogP contribution in [0.4, 0.5) is 5.95 Å². The molecule has 0 amide bonds. The SMILES string of the molecule is [2H]C([2H])([2H])C([2H])([2H])Oc1c(-c2cn[nH]c2)ccn2nc(N[C@H]3CCN(S(C)(=O)=O)C[C@H]3C)nc12. The predicted molar refractivity (Wildman–Crippen MR) is 109 cm³/mol. The molecule has 0 saturated carbocycles. The normalized spacial score (nSPS) is 24.3. The third-order valence-electron chi connectivity index (χ3n) is 5.08. The Morgan fingerprint density at radius 3 is 3.07 bits per heavy atom. The van der Waals surface area contributed by atoms with E-state index in [4.69, 9.17) is 11.6 Å². The first-order chi connectivity index (χ1) is 15.8. The third kappa shape index (κ3) is 3.92. The Bertz CT molecular complexity index is 1280. The molecule has 3 aromatic heterocycles. The highest BCUT2D eigenvalue weighted by molar-refractivity contribution is 7.88. The molecule has 2 atom stereocenters. The van der Waals surface area contributed by atoms with Crippen molar-refractivity contribution < 1.29 is 20.0 Å². The number of ether oxygens (including phenoxy) is 1. The van der Waals surface area contributed by atoms with Crippen LogP contribution in [0.25, 0.3) is 16.8 Å². The molecule has 10 nitrogen and oxygen atoms in total. The fraction of sp³-hybridized carbons (Fsp3) is 0.500. The zero-order valence-corrected chi connectivity index (χ0v) is 16.8. The summed E-state index contributed by atoms with van der Waals surface area (Å²) in [5, 5.41) is 14.2. The molecule has 0 bridgehead atoms. The van der Waals surface area contributed by atoms with E-state index in [1.165, 1.54) is 21.3 Å². The average molecular weight is 425 g/mol. The summed E-state index contributed by atoms with van der Waals surface area (Å²) in [6.07, 6.45) is 6.40. The molecule has 1 saturated heterocycles. The second-order valence-corrected chi connectivity index (χ2v) is 9.07. The van der Waals surface area contributed by atoms with Crippen LogP contribution >= 0.6 is 0 Å². The molecule has 11 heteroatoms. The Balaban J connectivity index is 1.68. The van der Waals surface area contributed by atoms with E-state index in [9.17, 15) is 8.42 Å². The van der Waals surface area contributed by atoms with Crippen molar-refractivity contribution in [3.63, 3.8) is 0 Å². The number of nitrogens with one attached hydrogen (secondary N) is 2. The fourth-order valence-corrected chi connectivity index (χ4v) is 4.49. The van der Waals surface area contributed by atoms with Crippen molar-refractivity contribution in [2.75, 3.05) is 31.2 Å². The van der Waals surface area contributed by atoms with Gasteiger partial charge in [0.2, 0.25) is 16.0 Å². The number of piperidine rings is 1. The summed E-state index contributed by atoms with van der Waals surface area (Å²) in [7, 11) is -3.27. The summed E-state index contributed by atoms with van der Waals surface area (Å²) in [6.45, 7) is -3.37. The Morgan fingerprint density at radius 2 is 2.38 bits per heavy atom. The lowest BCUT2D eigenvalue weighted by Crippen LogP contribution is -2.47. The van der Waals surface area contributed by atoms with Crippen LogP contribution in [-0.4, -0.2) is 69.5 Å². The summed E-state index contributed by atoms with van der Waals surface area (Å²) < 4.78 is 70.4. The molecule has 0 unspecified atom stereocenters. The number of aromatic nitrogens is 5. The first kappa shape index (κ1) is 14.3. The fourth-order valence-electron chi connectivity index (χ4n) is 3.55. The van der Waals surface area contributed by atoms with Crippen molar-refractivity contribution in [2.45, 2.75) is 26.2 Å². The van der Waals surface area contributed by atoms with Crippen LogP contribution in [0.5, 0.6) is 5.75 Å². The molecule has 29 heavy (non-hydrogen) atoms. The maximum absolute atomic E-state index is 11.9. The highest BCUT2D eigenvalue weighted by atomic mass is 32.2. The van der Waals surface area contributed by atoms with Gasteiger partial charge in [-0.3, -0.25) is 5.10 Å². The molecular weight excluding hydrogens is 394 g/mol. The van der Waals surface area contributed by atoms with Crippen LogP contribution in [0.2, 0.25) is 0 Å². The number of anilines is 1. The summed E-state index contributed by atoms with van der Waals surface area (Å²) in [6, 6.07) is 1.51. The minimum absolute atomic E-state index is 0.0167. The Labute approximate surface area is 176 Å². The molecule has 1 fully saturated rings. The van der Waals surface area contributed by atoms with Gasteiger partial charge in [0.25, 0.3) is 0 Å². The molecule has 0 spiro atoms. The molecule has 1 aliphatic rings. The number of nitrogens with zero attached hydrogens (tertiary/aromatic N) is 5. The molecule has 4 rings (SSSR count). The van der Waals surface area contributed by atoms with Crippen molar-refractivity contribution in [3.05, 3.63) is 24.7 Å². The van der Waals surface area contributed by atoms with E-state index in [2.05, 4.69) is 25.6 Å². The Hall–Kier alpha value is -2.66. The van der Waals surface area contributed by atoms with E-state index in [-0.39, 0.29) is 29.3 Å². The number of pyridine rings is 1. The largest absolute Gasteiger partial charge is 0.489 e. The molecular formula is C18H25N7O3S. The molecule has 156 valence electrons. The topological polar surface area (TPSA) is 118 Å². The smallest absolute Gasteiger partial charge is 0.243 e. The number of aromatic amines is 1. The van der Waals surface area contributed by atoms with Gasteiger partial charge in [0.15, 0.2) is 11.4 Å². The van der Waals surface area contributed by atoms with Gasteiger partial charge in [0.1, 0.15) is 0 Å². The Kier molecular flexibility index (Phi) is 3.78. The zero-order valence-electron chi connectivity index (χ0n) is 21.0. The third-order valence-corrected chi connectivity index (χ3v) is 6.34. The van der Waals surface area contributed by atoms with Crippen molar-refractivity contribution in [1.82, 2.24) is 29.1 Å². The van der Waals surface area contributed by atoms with E-state index in [0.717, 1.165) is 0 Å². The van der Waals surface area contributed by atoms with Gasteiger partial charge in [0.05, 0.1) is 21.8 Å². The minimum Gasteiger partial charge on any atom is -0.489 e. The van der Waals surface area contributed by atoms with Crippen molar-refractivity contribution >= 4 is 21.6 Å². The number of fused-ring (bicyclic) bond motifs is 1. The monoisotopic (exact) mass is 424 g/mol. The van der Waals surface area contributed by atoms with E-state index < -0.39 is 23.4 Å². The highest BCUT2D eigenvalue weighted by Gasteiger charge is 2.31. The van der Waals surface area contributed by atoms with Crippen molar-refractivity contribution in [3.8, 4) is 16.9 Å². The van der Waals surface area contributed by atoms with E-state index in [1.807, 2.05) is 6.92 Å². The van der Waals surface area contributed by atoms with Crippen LogP contribution in [0, 0.1) is 5.92 Å². The number of sulfonamides is 1. The maximum Gasteiger partial charge on any atom is 0.243 e. The van der Waals surface area contributed by atoms with E-state index in [0.29, 0.717) is 30.6 Å². The minimum atomic E-state index is -3.27. The number of H-pyrrole nitrogens is 1. The molecule has 0 aliphatic carbocycles. The lowest BCUT2D eigenvalue weighted by Gasteiger charge is -2.35. The summed E-state index contributed by atoms with van der Waals surface area (Å²) >= 11 is 0. The lowest BCUT2D eigenvalue weighted by molar-refractivity contribution is 0.262. The van der Waals surface area contributed by atoms with Crippen LogP contribution in [0.15, 0.2) is 24.7 Å². The Morgan fingerprint density at radius 1 is 1.52 bits per heavy atom. The van der Waals surface area contributed by atoms with Gasteiger partial charge < -0.3 is 10.1 Å². The molecule has 2 N–H and O–H groups in total. The van der Waals surface area contributed by atoms with Crippen LogP contribution in [-0.2, 0) is 10.0 Å². The van der Waals surface area contributed by atoms with Gasteiger partial charge >= 0.3 is 0 Å². The maximum atomic E-state index is 11.9.